The minimum atomic E-state index is -0.399. The van der Waals surface area contributed by atoms with Crippen LogP contribution in [0, 0.1) is 5.82 Å². The Balaban J connectivity index is 2.72. The minimum absolute atomic E-state index is 0.315. The summed E-state index contributed by atoms with van der Waals surface area (Å²) < 4.78 is 13.6. The van der Waals surface area contributed by atoms with Gasteiger partial charge >= 0.3 is 0 Å². The Morgan fingerprint density at radius 1 is 1.00 bits per heavy atom. The van der Waals surface area contributed by atoms with Gasteiger partial charge in [-0.05, 0) is 30.3 Å². The predicted molar refractivity (Wildman–Crippen MR) is 66.3 cm³/mol. The summed E-state index contributed by atoms with van der Waals surface area (Å²) in [5.41, 5.74) is 6.86. The van der Waals surface area contributed by atoms with Gasteiger partial charge in [0, 0.05) is 26.9 Å². The van der Waals surface area contributed by atoms with Gasteiger partial charge in [-0.1, -0.05) is 29.3 Å². The molecule has 4 heteroatoms. The number of rotatable bonds is 1. The first-order valence-electron chi connectivity index (χ1n) is 4.59. The number of nitrogens with two attached hydrogens (primary N) is 1. The molecule has 0 saturated carbocycles. The predicted octanol–water partition coefficient (Wildman–Crippen LogP) is 4.38. The molecule has 0 aliphatic carbocycles. The molecule has 0 amide bonds. The monoisotopic (exact) mass is 255 g/mol. The van der Waals surface area contributed by atoms with Crippen molar-refractivity contribution in [2.45, 2.75) is 0 Å². The van der Waals surface area contributed by atoms with Crippen molar-refractivity contribution in [3.63, 3.8) is 0 Å². The molecule has 0 unspecified atom stereocenters. The van der Waals surface area contributed by atoms with Crippen LogP contribution in [0.15, 0.2) is 36.4 Å². The third-order valence-electron chi connectivity index (χ3n) is 2.22. The van der Waals surface area contributed by atoms with E-state index < -0.39 is 5.82 Å². The maximum absolute atomic E-state index is 13.6. The smallest absolute Gasteiger partial charge is 0.131 e. The Morgan fingerprint density at radius 2 is 1.62 bits per heavy atom. The summed E-state index contributed by atoms with van der Waals surface area (Å²) in [6.07, 6.45) is 0. The highest BCUT2D eigenvalue weighted by molar-refractivity contribution is 6.39. The Bertz CT molecular complexity index is 520. The topological polar surface area (TPSA) is 26.0 Å². The van der Waals surface area contributed by atoms with E-state index in [4.69, 9.17) is 28.9 Å². The normalized spacial score (nSPS) is 10.4. The molecule has 0 aliphatic rings. The molecule has 0 spiro atoms. The van der Waals surface area contributed by atoms with Crippen molar-refractivity contribution in [3.05, 3.63) is 52.3 Å². The van der Waals surface area contributed by atoms with E-state index in [2.05, 4.69) is 0 Å². The molecule has 2 aromatic rings. The molecule has 0 saturated heterocycles. The molecule has 1 nitrogen and oxygen atoms in total. The van der Waals surface area contributed by atoms with Gasteiger partial charge in [-0.2, -0.15) is 0 Å². The Labute approximate surface area is 103 Å². The molecule has 0 radical (unpaired) electrons. The molecular formula is C12H8Cl2FN. The zero-order valence-electron chi connectivity index (χ0n) is 8.18. The van der Waals surface area contributed by atoms with Crippen molar-refractivity contribution in [2.75, 3.05) is 5.73 Å². The second-order valence-corrected chi connectivity index (χ2v) is 4.15. The van der Waals surface area contributed by atoms with Crippen LogP contribution in [0.1, 0.15) is 0 Å². The highest BCUT2D eigenvalue weighted by atomic mass is 35.5. The molecule has 16 heavy (non-hydrogen) atoms. The van der Waals surface area contributed by atoms with Crippen LogP contribution in [-0.2, 0) is 0 Å². The van der Waals surface area contributed by atoms with Crippen LogP contribution in [0.25, 0.3) is 11.1 Å². The summed E-state index contributed by atoms with van der Waals surface area (Å²) in [6.45, 7) is 0. The third-order valence-corrected chi connectivity index (χ3v) is 2.85. The fraction of sp³-hybridized carbons (Fsp3) is 0. The average Bonchev–Trinajstić information content (AvgIpc) is 2.23. The van der Waals surface area contributed by atoms with Crippen molar-refractivity contribution in [1.29, 1.82) is 0 Å². The summed E-state index contributed by atoms with van der Waals surface area (Å²) in [5, 5.41) is 0.800. The standard InChI is InChI=1S/C12H8Cl2FN/c13-9-2-1-3-10(14)12(9)8-6-7(16)4-5-11(8)15/h1-6H,16H2. The number of halogens is 3. The van der Waals surface area contributed by atoms with Crippen LogP contribution in [0.2, 0.25) is 10.0 Å². The van der Waals surface area contributed by atoms with Gasteiger partial charge in [0.25, 0.3) is 0 Å². The lowest BCUT2D eigenvalue weighted by molar-refractivity contribution is 0.631. The molecule has 2 aromatic carbocycles. The molecule has 2 N–H and O–H groups in total. The van der Waals surface area contributed by atoms with Gasteiger partial charge in [-0.15, -0.1) is 0 Å². The van der Waals surface area contributed by atoms with E-state index >= 15 is 0 Å². The van der Waals surface area contributed by atoms with Gasteiger partial charge < -0.3 is 5.73 Å². The highest BCUT2D eigenvalue weighted by Crippen LogP contribution is 2.36. The number of nitrogen functional groups attached to an aromatic ring is 1. The number of benzene rings is 2. The minimum Gasteiger partial charge on any atom is -0.399 e. The van der Waals surface area contributed by atoms with Gasteiger partial charge in [0.15, 0.2) is 0 Å². The fourth-order valence-corrected chi connectivity index (χ4v) is 2.09. The van der Waals surface area contributed by atoms with Crippen LogP contribution in [0.3, 0.4) is 0 Å². The van der Waals surface area contributed by atoms with Gasteiger partial charge in [0.05, 0.1) is 0 Å². The molecule has 0 atom stereocenters. The second-order valence-electron chi connectivity index (χ2n) is 3.34. The van der Waals surface area contributed by atoms with E-state index in [0.717, 1.165) is 0 Å². The molecule has 2 rings (SSSR count). The number of hydrogen-bond acceptors (Lipinski definition) is 1. The summed E-state index contributed by atoms with van der Waals surface area (Å²) in [4.78, 5) is 0. The first-order valence-corrected chi connectivity index (χ1v) is 5.34. The lowest BCUT2D eigenvalue weighted by Gasteiger charge is -2.08. The first kappa shape index (κ1) is 11.2. The van der Waals surface area contributed by atoms with E-state index in [0.29, 0.717) is 26.9 Å². The number of anilines is 1. The molecule has 0 bridgehead atoms. The van der Waals surface area contributed by atoms with Crippen molar-refractivity contribution in [3.8, 4) is 11.1 Å². The van der Waals surface area contributed by atoms with Crippen LogP contribution in [0.5, 0.6) is 0 Å². The quantitative estimate of drug-likeness (QED) is 0.752. The van der Waals surface area contributed by atoms with Gasteiger partial charge in [-0.25, -0.2) is 4.39 Å². The summed E-state index contributed by atoms with van der Waals surface area (Å²) >= 11 is 12.0. The SMILES string of the molecule is Nc1ccc(F)c(-c2c(Cl)cccc2Cl)c1. The summed E-state index contributed by atoms with van der Waals surface area (Å²) in [5.74, 6) is -0.399. The summed E-state index contributed by atoms with van der Waals surface area (Å²) in [6, 6.07) is 9.32. The van der Waals surface area contributed by atoms with Crippen LogP contribution in [-0.4, -0.2) is 0 Å². The zero-order valence-corrected chi connectivity index (χ0v) is 9.69. The van der Waals surface area contributed by atoms with Crippen LogP contribution in [0.4, 0.5) is 10.1 Å². The van der Waals surface area contributed by atoms with E-state index in [-0.39, 0.29) is 0 Å². The van der Waals surface area contributed by atoms with Crippen molar-refractivity contribution in [2.24, 2.45) is 0 Å². The average molecular weight is 256 g/mol. The van der Waals surface area contributed by atoms with E-state index in [1.165, 1.54) is 18.2 Å². The first-order chi connectivity index (χ1) is 7.59. The molecular weight excluding hydrogens is 248 g/mol. The lowest BCUT2D eigenvalue weighted by Crippen LogP contribution is -1.91. The maximum atomic E-state index is 13.6. The maximum Gasteiger partial charge on any atom is 0.131 e. The van der Waals surface area contributed by atoms with Crippen molar-refractivity contribution in [1.82, 2.24) is 0 Å². The van der Waals surface area contributed by atoms with Gasteiger partial charge in [-0.3, -0.25) is 0 Å². The van der Waals surface area contributed by atoms with E-state index in [1.807, 2.05) is 0 Å². The number of hydrogen-bond donors (Lipinski definition) is 1. The van der Waals surface area contributed by atoms with Crippen molar-refractivity contribution >= 4 is 28.9 Å². The largest absolute Gasteiger partial charge is 0.399 e. The lowest BCUT2D eigenvalue weighted by atomic mass is 10.0. The molecule has 0 heterocycles. The van der Waals surface area contributed by atoms with Gasteiger partial charge in [0.1, 0.15) is 5.82 Å². The zero-order chi connectivity index (χ0) is 11.7. The summed E-state index contributed by atoms with van der Waals surface area (Å²) in [7, 11) is 0. The van der Waals surface area contributed by atoms with Crippen molar-refractivity contribution < 1.29 is 4.39 Å². The molecule has 0 aliphatic heterocycles. The molecule has 82 valence electrons. The Kier molecular flexibility index (Phi) is 3.03. The van der Waals surface area contributed by atoms with Crippen LogP contribution >= 0.6 is 23.2 Å². The Morgan fingerprint density at radius 3 is 2.25 bits per heavy atom. The second kappa shape index (κ2) is 4.32. The van der Waals surface area contributed by atoms with E-state index in [9.17, 15) is 4.39 Å². The molecule has 0 aromatic heterocycles. The third kappa shape index (κ3) is 1.99. The molecule has 0 fully saturated rings. The fourth-order valence-electron chi connectivity index (χ4n) is 1.49. The van der Waals surface area contributed by atoms with E-state index in [1.54, 1.807) is 18.2 Å². The van der Waals surface area contributed by atoms with Gasteiger partial charge in [0.2, 0.25) is 0 Å². The Hall–Kier alpha value is -1.25. The highest BCUT2D eigenvalue weighted by Gasteiger charge is 2.12. The van der Waals surface area contributed by atoms with Crippen LogP contribution < -0.4 is 5.73 Å².